The molecular formula is C44H52O2SiZr. The van der Waals surface area contributed by atoms with Crippen molar-refractivity contribution in [2.24, 2.45) is 0 Å². The average Bonchev–Trinajstić information content (AvgIpc) is 3.54. The summed E-state index contributed by atoms with van der Waals surface area (Å²) in [6, 6.07) is 39.2. The van der Waals surface area contributed by atoms with Crippen LogP contribution in [-0.2, 0) is 48.9 Å². The number of aryl methyl sites for hydroxylation is 2. The van der Waals surface area contributed by atoms with Gasteiger partial charge in [-0.05, 0) is 52.7 Å². The maximum Gasteiger partial charge on any atom is 2.00 e. The first kappa shape index (κ1) is 39.6. The van der Waals surface area contributed by atoms with E-state index in [0.29, 0.717) is 13.2 Å². The van der Waals surface area contributed by atoms with Crippen molar-refractivity contribution in [3.8, 4) is 22.3 Å². The van der Waals surface area contributed by atoms with Crippen LogP contribution in [0.15, 0.2) is 109 Å². The van der Waals surface area contributed by atoms with E-state index in [4.69, 9.17) is 9.47 Å². The molecule has 0 spiro atoms. The number of rotatable bonds is 6. The molecular weight excluding hydrogens is 680 g/mol. The van der Waals surface area contributed by atoms with Gasteiger partial charge in [0.15, 0.2) is 0 Å². The van der Waals surface area contributed by atoms with Crippen LogP contribution >= 0.6 is 0 Å². The van der Waals surface area contributed by atoms with Gasteiger partial charge in [-0.2, -0.15) is 0 Å². The van der Waals surface area contributed by atoms with Gasteiger partial charge >= 0.3 is 26.2 Å². The fourth-order valence-electron chi connectivity index (χ4n) is 5.64. The first-order chi connectivity index (χ1) is 22.3. The number of benzene rings is 4. The van der Waals surface area contributed by atoms with E-state index in [2.05, 4.69) is 178 Å². The van der Waals surface area contributed by atoms with E-state index in [0.717, 1.165) is 9.52 Å². The molecule has 0 fully saturated rings. The van der Waals surface area contributed by atoms with Crippen LogP contribution in [0.4, 0.5) is 0 Å². The summed E-state index contributed by atoms with van der Waals surface area (Å²) >= 11 is 0. The molecule has 248 valence electrons. The van der Waals surface area contributed by atoms with E-state index >= 15 is 0 Å². The summed E-state index contributed by atoms with van der Waals surface area (Å²) in [5, 5.41) is 5.29. The quantitative estimate of drug-likeness (QED) is 0.125. The molecule has 2 nitrogen and oxygen atoms in total. The number of fused-ring (bicyclic) bond motifs is 2. The first-order valence-electron chi connectivity index (χ1n) is 16.6. The molecule has 2 radical (unpaired) electrons. The molecule has 6 aromatic carbocycles. The third-order valence-electron chi connectivity index (χ3n) is 7.82. The van der Waals surface area contributed by atoms with Gasteiger partial charge in [0.2, 0.25) is 0 Å². The Hall–Kier alpha value is -2.88. The maximum atomic E-state index is 5.84. The van der Waals surface area contributed by atoms with Crippen LogP contribution in [0.2, 0.25) is 13.1 Å². The Morgan fingerprint density at radius 3 is 1.15 bits per heavy atom. The maximum absolute atomic E-state index is 5.84. The molecule has 6 rings (SSSR count). The summed E-state index contributed by atoms with van der Waals surface area (Å²) in [5.74, 6) is 0. The number of ether oxygens (including phenoxy) is 2. The zero-order valence-corrected chi connectivity index (χ0v) is 34.1. The molecule has 0 bridgehead atoms. The summed E-state index contributed by atoms with van der Waals surface area (Å²) in [5.41, 5.74) is 10.1. The molecule has 0 N–H and O–H groups in total. The van der Waals surface area contributed by atoms with Gasteiger partial charge in [-0.3, -0.25) is 0 Å². The van der Waals surface area contributed by atoms with Crippen molar-refractivity contribution in [2.75, 3.05) is 0 Å². The molecule has 0 unspecified atom stereocenters. The van der Waals surface area contributed by atoms with Gasteiger partial charge in [0.25, 0.3) is 0 Å². The molecule has 0 atom stereocenters. The van der Waals surface area contributed by atoms with Gasteiger partial charge in [0, 0.05) is 9.52 Å². The third-order valence-corrected chi connectivity index (χ3v) is 7.82. The van der Waals surface area contributed by atoms with Crippen molar-refractivity contribution in [2.45, 2.75) is 92.9 Å². The van der Waals surface area contributed by atoms with Crippen molar-refractivity contribution >= 4 is 31.1 Å². The van der Waals surface area contributed by atoms with E-state index in [1.54, 1.807) is 0 Å². The van der Waals surface area contributed by atoms with Crippen molar-refractivity contribution in [1.29, 1.82) is 0 Å². The van der Waals surface area contributed by atoms with Crippen LogP contribution in [0.3, 0.4) is 0 Å². The summed E-state index contributed by atoms with van der Waals surface area (Å²) in [6.07, 6.45) is 0. The molecule has 0 heterocycles. The number of hydrogen-bond acceptors (Lipinski definition) is 2. The second kappa shape index (κ2) is 17.7. The van der Waals surface area contributed by atoms with Gasteiger partial charge < -0.3 is 9.47 Å². The monoisotopic (exact) mass is 730 g/mol. The first-order valence-corrected chi connectivity index (χ1v) is 18.6. The Kier molecular flexibility index (Phi) is 14.6. The van der Waals surface area contributed by atoms with Gasteiger partial charge in [0.1, 0.15) is 0 Å². The van der Waals surface area contributed by atoms with Crippen LogP contribution in [0.1, 0.15) is 63.8 Å². The molecule has 0 aliphatic heterocycles. The van der Waals surface area contributed by atoms with Crippen molar-refractivity contribution in [1.82, 2.24) is 0 Å². The van der Waals surface area contributed by atoms with Crippen LogP contribution in [0, 0.1) is 13.8 Å². The van der Waals surface area contributed by atoms with Crippen LogP contribution < -0.4 is 0 Å². The zero-order chi connectivity index (χ0) is 34.2. The smallest absolute Gasteiger partial charge is 0.371 e. The summed E-state index contributed by atoms with van der Waals surface area (Å²) < 4.78 is 11.7. The molecule has 0 aliphatic carbocycles. The summed E-state index contributed by atoms with van der Waals surface area (Å²) in [6.45, 7) is 22.5. The average molecular weight is 732 g/mol. The fourth-order valence-corrected chi connectivity index (χ4v) is 5.64. The standard InChI is InChI=1S/2C21H23O.C2H6Si.Zr/c2*1-15-13-18-7-5-6-8-19(18)20(15)17-11-9-16(10-12-17)14-22-21(2,3)4;1-3-2;/h2*5-13H,14H2,1-4H3;1-2H3;/q2*-1;;+2. The fraction of sp³-hybridized carbons (Fsp3) is 0.318. The summed E-state index contributed by atoms with van der Waals surface area (Å²) in [4.78, 5) is 0. The zero-order valence-electron chi connectivity index (χ0n) is 30.6. The van der Waals surface area contributed by atoms with E-state index in [1.807, 2.05) is 0 Å². The Morgan fingerprint density at radius 2 is 0.833 bits per heavy atom. The van der Waals surface area contributed by atoms with Crippen molar-refractivity contribution in [3.05, 3.63) is 131 Å². The predicted molar refractivity (Wildman–Crippen MR) is 206 cm³/mol. The number of hydrogen-bond donors (Lipinski definition) is 0. The van der Waals surface area contributed by atoms with Gasteiger partial charge in [-0.1, -0.05) is 120 Å². The van der Waals surface area contributed by atoms with Crippen LogP contribution in [0.25, 0.3) is 43.8 Å². The van der Waals surface area contributed by atoms with Crippen molar-refractivity contribution < 1.29 is 35.7 Å². The van der Waals surface area contributed by atoms with E-state index in [9.17, 15) is 0 Å². The second-order valence-electron chi connectivity index (χ2n) is 14.3. The Balaban J connectivity index is 0.000000236. The SMILES string of the molecule is C[Si]C.Cc1cc2ccccc2[c-]1-c1ccc(COC(C)(C)C)cc1.Cc1cc2ccccc2[c-]1-c1ccc(COC(C)(C)C)cc1.[Zr+2]. The second-order valence-corrected chi connectivity index (χ2v) is 15.3. The Morgan fingerprint density at radius 1 is 0.521 bits per heavy atom. The van der Waals surface area contributed by atoms with E-state index < -0.39 is 0 Å². The molecule has 0 aliphatic rings. The molecule has 0 saturated heterocycles. The molecule has 0 amide bonds. The summed E-state index contributed by atoms with van der Waals surface area (Å²) in [7, 11) is 1.08. The molecule has 48 heavy (non-hydrogen) atoms. The van der Waals surface area contributed by atoms with Crippen LogP contribution in [-0.4, -0.2) is 20.7 Å². The van der Waals surface area contributed by atoms with Crippen molar-refractivity contribution in [3.63, 3.8) is 0 Å². The van der Waals surface area contributed by atoms with E-state index in [-0.39, 0.29) is 37.4 Å². The predicted octanol–water partition coefficient (Wildman–Crippen LogP) is 12.5. The minimum absolute atomic E-state index is 0. The van der Waals surface area contributed by atoms with Gasteiger partial charge in [0.05, 0.1) is 24.4 Å². The van der Waals surface area contributed by atoms with E-state index in [1.165, 1.54) is 66.1 Å². The molecule has 6 aromatic rings. The van der Waals surface area contributed by atoms with Gasteiger partial charge in [-0.15, -0.1) is 70.8 Å². The minimum atomic E-state index is -0.100. The topological polar surface area (TPSA) is 18.5 Å². The Bertz CT molecular complexity index is 1710. The third kappa shape index (κ3) is 11.1. The normalized spacial score (nSPS) is 11.4. The Labute approximate surface area is 311 Å². The molecule has 0 aromatic heterocycles. The molecule has 0 saturated carbocycles. The molecule has 4 heteroatoms. The minimum Gasteiger partial charge on any atom is -0.371 e. The van der Waals surface area contributed by atoms with Gasteiger partial charge in [-0.25, -0.2) is 0 Å². The largest absolute Gasteiger partial charge is 2.00 e. The van der Waals surface area contributed by atoms with Crippen LogP contribution in [0.5, 0.6) is 0 Å².